The summed E-state index contributed by atoms with van der Waals surface area (Å²) in [5.41, 5.74) is -6.23. The highest BCUT2D eigenvalue weighted by Gasteiger charge is 2.47. The highest BCUT2D eigenvalue weighted by molar-refractivity contribution is 7.92. The Labute approximate surface area is 197 Å². The van der Waals surface area contributed by atoms with Crippen molar-refractivity contribution in [3.05, 3.63) is 82.4 Å². The van der Waals surface area contributed by atoms with Gasteiger partial charge in [0.1, 0.15) is 11.4 Å². The summed E-state index contributed by atoms with van der Waals surface area (Å²) in [6.07, 6.45) is 0. The number of hydrogen-bond donors (Lipinski definition) is 2. The van der Waals surface area contributed by atoms with E-state index >= 15 is 0 Å². The molecule has 9 nitrogen and oxygen atoms in total. The van der Waals surface area contributed by atoms with Crippen LogP contribution in [0.3, 0.4) is 0 Å². The lowest BCUT2D eigenvalue weighted by molar-refractivity contribution is -0.384. The first-order chi connectivity index (χ1) is 16.4. The quantitative estimate of drug-likeness (QED) is 0.312. The molecule has 3 aromatic rings. The maximum atomic E-state index is 12.9. The van der Waals surface area contributed by atoms with Gasteiger partial charge >= 0.3 is 5.51 Å². The molecule has 2 N–H and O–H groups in total. The number of halogens is 3. The lowest BCUT2D eigenvalue weighted by Crippen LogP contribution is -2.23. The number of ether oxygens (including phenoxy) is 1. The number of anilines is 3. The van der Waals surface area contributed by atoms with Gasteiger partial charge in [-0.25, -0.2) is 8.42 Å². The molecule has 0 heterocycles. The van der Waals surface area contributed by atoms with Gasteiger partial charge in [0.2, 0.25) is 0 Å². The Bertz CT molecular complexity index is 1360. The zero-order valence-electron chi connectivity index (χ0n) is 18.0. The number of hydrogen-bond acceptors (Lipinski definition) is 7. The Kier molecular flexibility index (Phi) is 7.29. The van der Waals surface area contributed by atoms with Gasteiger partial charge in [-0.2, -0.15) is 13.2 Å². The first-order valence-corrected chi connectivity index (χ1v) is 11.4. The van der Waals surface area contributed by atoms with E-state index in [0.29, 0.717) is 30.2 Å². The van der Waals surface area contributed by atoms with Crippen LogP contribution in [-0.2, 0) is 9.84 Å². The van der Waals surface area contributed by atoms with Crippen molar-refractivity contribution in [2.75, 3.05) is 17.2 Å². The van der Waals surface area contributed by atoms with Gasteiger partial charge in [0.05, 0.1) is 27.7 Å². The molecule has 0 saturated carbocycles. The molecule has 184 valence electrons. The van der Waals surface area contributed by atoms with Crippen LogP contribution in [0.2, 0.25) is 0 Å². The number of benzene rings is 3. The van der Waals surface area contributed by atoms with Gasteiger partial charge in [-0.15, -0.1) is 0 Å². The van der Waals surface area contributed by atoms with Crippen LogP contribution in [0.15, 0.2) is 71.6 Å². The molecular weight excluding hydrogens is 491 g/mol. The topological polar surface area (TPSA) is 128 Å². The molecule has 0 aromatic heterocycles. The Balaban J connectivity index is 1.91. The minimum Gasteiger partial charge on any atom is -0.494 e. The summed E-state index contributed by atoms with van der Waals surface area (Å²) in [7, 11) is -5.79. The smallest absolute Gasteiger partial charge is 0.494 e. The molecule has 3 rings (SSSR count). The highest BCUT2D eigenvalue weighted by Crippen LogP contribution is 2.36. The van der Waals surface area contributed by atoms with E-state index in [4.69, 9.17) is 4.74 Å². The zero-order valence-corrected chi connectivity index (χ0v) is 18.8. The summed E-state index contributed by atoms with van der Waals surface area (Å²) in [5.74, 6) is 0.0343. The molecular formula is C22H18F3N3O6S. The molecule has 0 aliphatic rings. The Morgan fingerprint density at radius 3 is 2.29 bits per heavy atom. The lowest BCUT2D eigenvalue weighted by atomic mass is 10.1. The lowest BCUT2D eigenvalue weighted by Gasteiger charge is -2.14. The number of rotatable bonds is 8. The molecule has 0 aliphatic carbocycles. The number of nitrogens with one attached hydrogen (secondary N) is 2. The maximum Gasteiger partial charge on any atom is 0.501 e. The van der Waals surface area contributed by atoms with Crippen LogP contribution in [0.4, 0.5) is 35.9 Å². The van der Waals surface area contributed by atoms with E-state index in [-0.39, 0.29) is 16.9 Å². The second kappa shape index (κ2) is 10.0. The molecule has 0 spiro atoms. The van der Waals surface area contributed by atoms with E-state index in [1.54, 1.807) is 30.3 Å². The molecule has 0 bridgehead atoms. The number of nitro groups is 1. The van der Waals surface area contributed by atoms with Gasteiger partial charge in [0.25, 0.3) is 21.4 Å². The number of sulfone groups is 1. The maximum absolute atomic E-state index is 12.9. The third-order valence-electron chi connectivity index (χ3n) is 4.65. The summed E-state index contributed by atoms with van der Waals surface area (Å²) >= 11 is 0. The van der Waals surface area contributed by atoms with Crippen molar-refractivity contribution in [2.24, 2.45) is 0 Å². The van der Waals surface area contributed by atoms with Crippen LogP contribution in [0, 0.1) is 10.1 Å². The predicted octanol–water partition coefficient (Wildman–Crippen LogP) is 5.28. The van der Waals surface area contributed by atoms with Crippen LogP contribution in [0.5, 0.6) is 5.75 Å². The molecule has 0 atom stereocenters. The number of amides is 1. The summed E-state index contributed by atoms with van der Waals surface area (Å²) in [6.45, 7) is 2.30. The number of nitro benzene ring substituents is 1. The zero-order chi connectivity index (χ0) is 25.8. The molecule has 0 saturated heterocycles. The van der Waals surface area contributed by atoms with Crippen LogP contribution in [0.25, 0.3) is 0 Å². The fourth-order valence-electron chi connectivity index (χ4n) is 3.00. The van der Waals surface area contributed by atoms with E-state index in [0.717, 1.165) is 6.07 Å². The summed E-state index contributed by atoms with van der Waals surface area (Å²) < 4.78 is 67.2. The number of nitrogens with zero attached hydrogens (tertiary/aromatic N) is 1. The highest BCUT2D eigenvalue weighted by atomic mass is 32.2. The van der Waals surface area contributed by atoms with Gasteiger partial charge in [0, 0.05) is 11.8 Å². The number of alkyl halides is 3. The van der Waals surface area contributed by atoms with Crippen molar-refractivity contribution < 1.29 is 36.0 Å². The van der Waals surface area contributed by atoms with Crippen LogP contribution in [0.1, 0.15) is 17.3 Å². The number of para-hydroxylation sites is 1. The molecule has 13 heteroatoms. The standard InChI is InChI=1S/C22H18F3N3O6S/c1-2-34-15-9-7-14(8-10-15)26-21(29)17-5-3-4-6-18(17)27-19-12-11-16(13-20(19)28(30)31)35(32,33)22(23,24)25/h3-13,27H,2H2,1H3,(H,26,29). The van der Waals surface area contributed by atoms with Gasteiger partial charge in [-0.05, 0) is 55.5 Å². The van der Waals surface area contributed by atoms with Gasteiger partial charge in [-0.1, -0.05) is 12.1 Å². The summed E-state index contributed by atoms with van der Waals surface area (Å²) in [5, 5.41) is 16.8. The number of carbonyl (C=O) groups is 1. The monoisotopic (exact) mass is 509 g/mol. The average Bonchev–Trinajstić information content (AvgIpc) is 2.80. The fourth-order valence-corrected chi connectivity index (χ4v) is 3.79. The number of carbonyl (C=O) groups excluding carboxylic acids is 1. The van der Waals surface area contributed by atoms with E-state index in [9.17, 15) is 36.5 Å². The first kappa shape index (κ1) is 25.5. The van der Waals surface area contributed by atoms with Gasteiger partial charge in [0.15, 0.2) is 0 Å². The van der Waals surface area contributed by atoms with E-state index in [1.807, 2.05) is 6.92 Å². The van der Waals surface area contributed by atoms with Crippen molar-refractivity contribution in [3.63, 3.8) is 0 Å². The minimum absolute atomic E-state index is 0.0719. The molecule has 3 aromatic carbocycles. The van der Waals surface area contributed by atoms with Gasteiger partial charge < -0.3 is 15.4 Å². The van der Waals surface area contributed by atoms with Gasteiger partial charge in [-0.3, -0.25) is 14.9 Å². The van der Waals surface area contributed by atoms with E-state index in [1.165, 1.54) is 18.2 Å². The van der Waals surface area contributed by atoms with Crippen LogP contribution < -0.4 is 15.4 Å². The van der Waals surface area contributed by atoms with E-state index in [2.05, 4.69) is 10.6 Å². The van der Waals surface area contributed by atoms with E-state index < -0.39 is 36.8 Å². The van der Waals surface area contributed by atoms with Crippen molar-refractivity contribution in [1.29, 1.82) is 0 Å². The molecule has 35 heavy (non-hydrogen) atoms. The Hall–Kier alpha value is -4.13. The second-order valence-electron chi connectivity index (χ2n) is 6.97. The van der Waals surface area contributed by atoms with Crippen LogP contribution in [-0.4, -0.2) is 31.4 Å². The molecule has 0 aliphatic heterocycles. The minimum atomic E-state index is -5.79. The molecule has 1 amide bonds. The van der Waals surface area contributed by atoms with Crippen molar-refractivity contribution in [2.45, 2.75) is 17.3 Å². The largest absolute Gasteiger partial charge is 0.501 e. The van der Waals surface area contributed by atoms with Crippen molar-refractivity contribution in [3.8, 4) is 5.75 Å². The Morgan fingerprint density at radius 1 is 1.03 bits per heavy atom. The fraction of sp³-hybridized carbons (Fsp3) is 0.136. The molecule has 0 radical (unpaired) electrons. The van der Waals surface area contributed by atoms with Crippen molar-refractivity contribution in [1.82, 2.24) is 0 Å². The SMILES string of the molecule is CCOc1ccc(NC(=O)c2ccccc2Nc2ccc(S(=O)(=O)C(F)(F)F)cc2[N+](=O)[O-])cc1. The van der Waals surface area contributed by atoms with Crippen LogP contribution >= 0.6 is 0 Å². The second-order valence-corrected chi connectivity index (χ2v) is 8.91. The predicted molar refractivity (Wildman–Crippen MR) is 122 cm³/mol. The first-order valence-electron chi connectivity index (χ1n) is 9.94. The summed E-state index contributed by atoms with van der Waals surface area (Å²) in [6, 6.07) is 14.2. The average molecular weight is 509 g/mol. The third-order valence-corrected chi connectivity index (χ3v) is 6.13. The molecule has 0 unspecified atom stereocenters. The van der Waals surface area contributed by atoms with Crippen molar-refractivity contribution >= 4 is 38.5 Å². The Morgan fingerprint density at radius 2 is 1.69 bits per heavy atom. The summed E-state index contributed by atoms with van der Waals surface area (Å²) in [4.78, 5) is 22.0. The molecule has 0 fully saturated rings. The third kappa shape index (κ3) is 5.69. The normalized spacial score (nSPS) is 11.5.